The predicted octanol–water partition coefficient (Wildman–Crippen LogP) is 1.93. The van der Waals surface area contributed by atoms with Gasteiger partial charge in [-0.3, -0.25) is 9.59 Å². The Morgan fingerprint density at radius 3 is 2.83 bits per heavy atom. The number of ether oxygens (including phenoxy) is 1. The van der Waals surface area contributed by atoms with Crippen molar-refractivity contribution in [1.29, 1.82) is 0 Å². The molecule has 2 unspecified atom stereocenters. The molecule has 0 heterocycles. The van der Waals surface area contributed by atoms with Crippen molar-refractivity contribution in [2.45, 2.75) is 44.6 Å². The van der Waals surface area contributed by atoms with Crippen molar-refractivity contribution in [2.24, 2.45) is 11.7 Å². The molecular formula is C17H23FN2O3. The van der Waals surface area contributed by atoms with Gasteiger partial charge in [-0.25, -0.2) is 4.39 Å². The van der Waals surface area contributed by atoms with Crippen LogP contribution in [-0.4, -0.2) is 25.0 Å². The normalized spacial score (nSPS) is 20.3. The fraction of sp³-hybridized carbons (Fsp3) is 0.529. The molecule has 5 nitrogen and oxygen atoms in total. The second-order valence-corrected chi connectivity index (χ2v) is 5.94. The maximum absolute atomic E-state index is 13.6. The third-order valence-electron chi connectivity index (χ3n) is 4.31. The number of methoxy groups -OCH3 is 1. The van der Waals surface area contributed by atoms with Gasteiger partial charge in [0.05, 0.1) is 13.0 Å². The molecule has 1 fully saturated rings. The van der Waals surface area contributed by atoms with Gasteiger partial charge in [-0.1, -0.05) is 12.5 Å². The molecule has 0 saturated heterocycles. The van der Waals surface area contributed by atoms with E-state index in [-0.39, 0.29) is 29.5 Å². The molecule has 2 atom stereocenters. The maximum atomic E-state index is 13.6. The lowest BCUT2D eigenvalue weighted by Crippen LogP contribution is -2.42. The summed E-state index contributed by atoms with van der Waals surface area (Å²) in [4.78, 5) is 23.3. The molecule has 1 aromatic rings. The molecule has 1 aromatic carbocycles. The van der Waals surface area contributed by atoms with Gasteiger partial charge in [0, 0.05) is 12.5 Å². The highest BCUT2D eigenvalue weighted by atomic mass is 19.1. The first-order chi connectivity index (χ1) is 11.0. The molecule has 2 amide bonds. The summed E-state index contributed by atoms with van der Waals surface area (Å²) in [7, 11) is 1.42. The molecule has 0 spiro atoms. The van der Waals surface area contributed by atoms with E-state index in [4.69, 9.17) is 10.5 Å². The highest BCUT2D eigenvalue weighted by molar-refractivity contribution is 5.80. The van der Waals surface area contributed by atoms with Gasteiger partial charge >= 0.3 is 0 Å². The van der Waals surface area contributed by atoms with Crippen LogP contribution in [0.1, 0.15) is 37.7 Å². The monoisotopic (exact) mass is 322 g/mol. The van der Waals surface area contributed by atoms with Crippen LogP contribution in [0.15, 0.2) is 18.2 Å². The molecule has 126 valence electrons. The topological polar surface area (TPSA) is 81.4 Å². The zero-order chi connectivity index (χ0) is 16.8. The van der Waals surface area contributed by atoms with Crippen molar-refractivity contribution in [3.63, 3.8) is 0 Å². The van der Waals surface area contributed by atoms with E-state index in [1.807, 2.05) is 0 Å². The minimum atomic E-state index is -0.398. The van der Waals surface area contributed by atoms with Gasteiger partial charge in [0.25, 0.3) is 0 Å². The molecule has 2 rings (SSSR count). The molecule has 0 bridgehead atoms. The van der Waals surface area contributed by atoms with Crippen molar-refractivity contribution in [3.05, 3.63) is 29.6 Å². The van der Waals surface area contributed by atoms with Crippen LogP contribution >= 0.6 is 0 Å². The van der Waals surface area contributed by atoms with E-state index in [0.717, 1.165) is 24.8 Å². The van der Waals surface area contributed by atoms with E-state index < -0.39 is 5.82 Å². The molecular weight excluding hydrogens is 299 g/mol. The molecule has 1 saturated carbocycles. The summed E-state index contributed by atoms with van der Waals surface area (Å²) >= 11 is 0. The van der Waals surface area contributed by atoms with E-state index in [9.17, 15) is 14.0 Å². The number of nitrogens with one attached hydrogen (secondary N) is 1. The Kier molecular flexibility index (Phi) is 5.96. The molecule has 0 aromatic heterocycles. The lowest BCUT2D eigenvalue weighted by molar-refractivity contribution is -0.124. The standard InChI is InChI=1S/C17H23FN2O3/c1-23-15-9-8-11(10-13(15)18)4-2-7-16(21)20-14-6-3-5-12(14)17(19)22/h8-10,12,14H,2-7H2,1H3,(H2,19,22)(H,20,21). The average molecular weight is 322 g/mol. The second kappa shape index (κ2) is 7.94. The van der Waals surface area contributed by atoms with Crippen LogP contribution in [0.5, 0.6) is 5.75 Å². The minimum Gasteiger partial charge on any atom is -0.494 e. The number of aryl methyl sites for hydroxylation is 1. The Bertz CT molecular complexity index is 577. The smallest absolute Gasteiger partial charge is 0.222 e. The van der Waals surface area contributed by atoms with Gasteiger partial charge < -0.3 is 15.8 Å². The van der Waals surface area contributed by atoms with E-state index in [1.54, 1.807) is 12.1 Å². The van der Waals surface area contributed by atoms with E-state index in [1.165, 1.54) is 13.2 Å². The van der Waals surface area contributed by atoms with E-state index >= 15 is 0 Å². The Morgan fingerprint density at radius 1 is 1.39 bits per heavy atom. The van der Waals surface area contributed by atoms with Gasteiger partial charge in [0.1, 0.15) is 0 Å². The first-order valence-corrected chi connectivity index (χ1v) is 7.92. The average Bonchev–Trinajstić information content (AvgIpc) is 2.95. The van der Waals surface area contributed by atoms with Crippen molar-refractivity contribution in [2.75, 3.05) is 7.11 Å². The van der Waals surface area contributed by atoms with Gasteiger partial charge in [-0.05, 0) is 43.4 Å². The van der Waals surface area contributed by atoms with Gasteiger partial charge in [0.2, 0.25) is 11.8 Å². The van der Waals surface area contributed by atoms with Crippen molar-refractivity contribution < 1.29 is 18.7 Å². The van der Waals surface area contributed by atoms with Crippen molar-refractivity contribution >= 4 is 11.8 Å². The van der Waals surface area contributed by atoms with Gasteiger partial charge in [0.15, 0.2) is 11.6 Å². The summed E-state index contributed by atoms with van der Waals surface area (Å²) < 4.78 is 18.4. The number of hydrogen-bond donors (Lipinski definition) is 2. The molecule has 0 aliphatic heterocycles. The fourth-order valence-electron chi connectivity index (χ4n) is 3.07. The largest absolute Gasteiger partial charge is 0.494 e. The molecule has 0 radical (unpaired) electrons. The number of hydrogen-bond acceptors (Lipinski definition) is 3. The van der Waals surface area contributed by atoms with E-state index in [0.29, 0.717) is 19.3 Å². The minimum absolute atomic E-state index is 0.0860. The summed E-state index contributed by atoms with van der Waals surface area (Å²) in [5.41, 5.74) is 6.17. The number of halogens is 1. The van der Waals surface area contributed by atoms with Crippen LogP contribution < -0.4 is 15.8 Å². The van der Waals surface area contributed by atoms with Crippen molar-refractivity contribution in [3.8, 4) is 5.75 Å². The number of carbonyl (C=O) groups excluding carboxylic acids is 2. The number of rotatable bonds is 7. The maximum Gasteiger partial charge on any atom is 0.222 e. The number of primary amides is 1. The summed E-state index contributed by atoms with van der Waals surface area (Å²) in [6.07, 6.45) is 4.01. The summed E-state index contributed by atoms with van der Waals surface area (Å²) in [5.74, 6) is -0.872. The van der Waals surface area contributed by atoms with Crippen LogP contribution in [0.3, 0.4) is 0 Å². The van der Waals surface area contributed by atoms with E-state index in [2.05, 4.69) is 5.32 Å². The Labute approximate surface area is 135 Å². The van der Waals surface area contributed by atoms with Crippen molar-refractivity contribution in [1.82, 2.24) is 5.32 Å². The van der Waals surface area contributed by atoms with Crippen LogP contribution in [0.25, 0.3) is 0 Å². The summed E-state index contributed by atoms with van der Waals surface area (Å²) in [6, 6.07) is 4.66. The van der Waals surface area contributed by atoms with Gasteiger partial charge in [-0.15, -0.1) is 0 Å². The Hall–Kier alpha value is -2.11. The molecule has 1 aliphatic carbocycles. The summed E-state index contributed by atoms with van der Waals surface area (Å²) in [5, 5.41) is 2.89. The molecule has 3 N–H and O–H groups in total. The second-order valence-electron chi connectivity index (χ2n) is 5.94. The SMILES string of the molecule is COc1ccc(CCCC(=O)NC2CCCC2C(N)=O)cc1F. The fourth-order valence-corrected chi connectivity index (χ4v) is 3.07. The molecule has 23 heavy (non-hydrogen) atoms. The highest BCUT2D eigenvalue weighted by Crippen LogP contribution is 2.25. The third kappa shape index (κ3) is 4.68. The zero-order valence-corrected chi connectivity index (χ0v) is 13.3. The van der Waals surface area contributed by atoms with Gasteiger partial charge in [-0.2, -0.15) is 0 Å². The number of benzene rings is 1. The first-order valence-electron chi connectivity index (χ1n) is 7.92. The van der Waals surface area contributed by atoms with Crippen LogP contribution in [0.2, 0.25) is 0 Å². The first kappa shape index (κ1) is 17.2. The highest BCUT2D eigenvalue weighted by Gasteiger charge is 2.32. The predicted molar refractivity (Wildman–Crippen MR) is 84.4 cm³/mol. The third-order valence-corrected chi connectivity index (χ3v) is 4.31. The zero-order valence-electron chi connectivity index (χ0n) is 13.3. The summed E-state index contributed by atoms with van der Waals surface area (Å²) in [6.45, 7) is 0. The number of carbonyl (C=O) groups is 2. The number of amides is 2. The van der Waals surface area contributed by atoms with Crippen LogP contribution in [0, 0.1) is 11.7 Å². The molecule has 1 aliphatic rings. The van der Waals surface area contributed by atoms with Crippen LogP contribution in [-0.2, 0) is 16.0 Å². The van der Waals surface area contributed by atoms with Crippen LogP contribution in [0.4, 0.5) is 4.39 Å². The molecule has 6 heteroatoms. The Morgan fingerprint density at radius 2 is 2.17 bits per heavy atom. The Balaban J connectivity index is 1.76. The quantitative estimate of drug-likeness (QED) is 0.805. The lowest BCUT2D eigenvalue weighted by Gasteiger charge is -2.18. The lowest BCUT2D eigenvalue weighted by atomic mass is 10.0. The number of nitrogens with two attached hydrogens (primary N) is 1.